The monoisotopic (exact) mass is 759 g/mol. The molecule has 0 saturated heterocycles. The molecule has 290 valence electrons. The Labute approximate surface area is 319 Å². The van der Waals surface area contributed by atoms with Crippen LogP contribution in [-0.2, 0) is 19.6 Å². The summed E-state index contributed by atoms with van der Waals surface area (Å²) in [5, 5.41) is 25.0. The summed E-state index contributed by atoms with van der Waals surface area (Å²) in [6.07, 6.45) is 11.9. The van der Waals surface area contributed by atoms with Crippen LogP contribution in [0.1, 0.15) is 63.4 Å². The van der Waals surface area contributed by atoms with Crippen molar-refractivity contribution in [3.05, 3.63) is 97.3 Å². The van der Waals surface area contributed by atoms with Gasteiger partial charge in [-0.2, -0.15) is 4.31 Å². The van der Waals surface area contributed by atoms with Crippen LogP contribution in [0.3, 0.4) is 0 Å². The molecule has 2 heterocycles. The first-order valence-electron chi connectivity index (χ1n) is 19.0. The van der Waals surface area contributed by atoms with Gasteiger partial charge < -0.3 is 29.3 Å². The molecule has 1 aromatic heterocycles. The molecule has 6 unspecified atom stereocenters. The Balaban J connectivity index is 1.60. The quantitative estimate of drug-likeness (QED) is 0.0770. The molecule has 11 nitrogen and oxygen atoms in total. The zero-order chi connectivity index (χ0) is 38.3. The van der Waals surface area contributed by atoms with Crippen molar-refractivity contribution in [2.75, 3.05) is 40.1 Å². The maximum atomic E-state index is 14.9. The number of aromatic nitrogens is 1. The Morgan fingerprint density at radius 1 is 1.04 bits per heavy atom. The lowest BCUT2D eigenvalue weighted by molar-refractivity contribution is -0.250. The van der Waals surface area contributed by atoms with Gasteiger partial charge in [0.25, 0.3) is 0 Å². The first kappa shape index (κ1) is 39.6. The van der Waals surface area contributed by atoms with Crippen molar-refractivity contribution >= 4 is 26.6 Å². The summed E-state index contributed by atoms with van der Waals surface area (Å²) in [5.41, 5.74) is 2.85. The van der Waals surface area contributed by atoms with Gasteiger partial charge in [0.2, 0.25) is 15.8 Å². The predicted molar refractivity (Wildman–Crippen MR) is 209 cm³/mol. The lowest BCUT2D eigenvalue weighted by Gasteiger charge is -2.59. The fraction of sp³-hybridized carbons (Fsp3) is 0.476. The summed E-state index contributed by atoms with van der Waals surface area (Å²) in [5.74, 6) is -0.887. The van der Waals surface area contributed by atoms with Gasteiger partial charge >= 0.3 is 0 Å². The van der Waals surface area contributed by atoms with Gasteiger partial charge in [-0.25, -0.2) is 8.42 Å². The number of hydrogen-bond acceptors (Lipinski definition) is 10. The summed E-state index contributed by atoms with van der Waals surface area (Å²) in [6.45, 7) is 10.6. The van der Waals surface area contributed by atoms with Gasteiger partial charge in [-0.15, -0.1) is 6.58 Å². The Bertz CT molecular complexity index is 1960. The topological polar surface area (TPSA) is 140 Å². The maximum Gasteiger partial charge on any atom is 0.245 e. The SMILES string of the molecule is C=CCOc1ccc2c(c1)C1C(CCCCO)C(CCCCO)C=C3C(=NOCC)CC(N(C)S(=O)(=O)c4cccc5cccnc45)C(OCC=C)(O2)C31. The van der Waals surface area contributed by atoms with Crippen LogP contribution in [0.25, 0.3) is 10.9 Å². The normalized spacial score (nSPS) is 25.4. The largest absolute Gasteiger partial charge is 0.490 e. The summed E-state index contributed by atoms with van der Waals surface area (Å²) in [4.78, 5) is 10.3. The smallest absolute Gasteiger partial charge is 0.245 e. The van der Waals surface area contributed by atoms with E-state index >= 15 is 0 Å². The number of aliphatic hydroxyl groups is 2. The highest BCUT2D eigenvalue weighted by Crippen LogP contribution is 2.62. The van der Waals surface area contributed by atoms with Crippen LogP contribution in [0.5, 0.6) is 11.5 Å². The molecular weight excluding hydrogens is 707 g/mol. The van der Waals surface area contributed by atoms with Crippen LogP contribution in [0, 0.1) is 17.8 Å². The van der Waals surface area contributed by atoms with Crippen LogP contribution in [0.15, 0.2) is 102 Å². The second-order valence-electron chi connectivity index (χ2n) is 14.1. The molecule has 2 aromatic carbocycles. The molecule has 1 fully saturated rings. The third-order valence-corrected chi connectivity index (χ3v) is 12.9. The Morgan fingerprint density at radius 3 is 2.54 bits per heavy atom. The van der Waals surface area contributed by atoms with E-state index in [9.17, 15) is 18.6 Å². The molecule has 6 rings (SSSR count). The molecule has 6 atom stereocenters. The highest BCUT2D eigenvalue weighted by atomic mass is 32.2. The first-order valence-corrected chi connectivity index (χ1v) is 20.5. The third kappa shape index (κ3) is 7.59. The van der Waals surface area contributed by atoms with Crippen molar-refractivity contribution in [1.82, 2.24) is 9.29 Å². The molecule has 2 aliphatic carbocycles. The van der Waals surface area contributed by atoms with Crippen LogP contribution in [0.4, 0.5) is 0 Å². The van der Waals surface area contributed by atoms with Gasteiger partial charge in [0.1, 0.15) is 29.6 Å². The van der Waals surface area contributed by atoms with Crippen molar-refractivity contribution in [2.45, 2.75) is 74.5 Å². The number of hydrogen-bond donors (Lipinski definition) is 2. The number of allylic oxidation sites excluding steroid dienone is 1. The molecule has 2 N–H and O–H groups in total. The lowest BCUT2D eigenvalue weighted by Crippen LogP contribution is -2.69. The van der Waals surface area contributed by atoms with E-state index in [2.05, 4.69) is 29.4 Å². The average molecular weight is 760 g/mol. The Hall–Kier alpha value is -4.07. The van der Waals surface area contributed by atoms with Crippen LogP contribution in [-0.4, -0.2) is 85.5 Å². The van der Waals surface area contributed by atoms with Gasteiger partial charge in [-0.05, 0) is 80.3 Å². The Kier molecular flexibility index (Phi) is 12.9. The third-order valence-electron chi connectivity index (χ3n) is 11.0. The van der Waals surface area contributed by atoms with E-state index in [1.54, 1.807) is 43.6 Å². The fourth-order valence-corrected chi connectivity index (χ4v) is 10.2. The van der Waals surface area contributed by atoms with Gasteiger partial charge in [0, 0.05) is 49.7 Å². The number of pyridine rings is 1. The summed E-state index contributed by atoms with van der Waals surface area (Å²) in [6, 6.07) is 13.6. The summed E-state index contributed by atoms with van der Waals surface area (Å²) >= 11 is 0. The van der Waals surface area contributed by atoms with E-state index in [1.165, 1.54) is 4.31 Å². The highest BCUT2D eigenvalue weighted by molar-refractivity contribution is 7.89. The number of unbranched alkanes of at least 4 members (excludes halogenated alkanes) is 2. The molecule has 0 amide bonds. The second-order valence-corrected chi connectivity index (χ2v) is 16.1. The zero-order valence-electron chi connectivity index (χ0n) is 31.3. The zero-order valence-corrected chi connectivity index (χ0v) is 32.1. The van der Waals surface area contributed by atoms with E-state index in [0.717, 1.165) is 36.8 Å². The van der Waals surface area contributed by atoms with Crippen molar-refractivity contribution in [1.29, 1.82) is 0 Å². The molecule has 54 heavy (non-hydrogen) atoms. The van der Waals surface area contributed by atoms with E-state index in [1.807, 2.05) is 37.3 Å². The van der Waals surface area contributed by atoms with Gasteiger partial charge in [0.15, 0.2) is 0 Å². The molecule has 12 heteroatoms. The van der Waals surface area contributed by atoms with Crippen LogP contribution < -0.4 is 9.47 Å². The minimum atomic E-state index is -4.21. The number of sulfonamides is 1. The van der Waals surface area contributed by atoms with E-state index in [4.69, 9.17) is 19.0 Å². The number of rotatable bonds is 19. The summed E-state index contributed by atoms with van der Waals surface area (Å²) in [7, 11) is -2.63. The molecule has 3 aliphatic rings. The van der Waals surface area contributed by atoms with Gasteiger partial charge in [-0.3, -0.25) is 4.98 Å². The van der Waals surface area contributed by atoms with Crippen molar-refractivity contribution < 1.29 is 37.7 Å². The number of aliphatic hydroxyl groups excluding tert-OH is 2. The first-order chi connectivity index (χ1) is 26.2. The summed E-state index contributed by atoms with van der Waals surface area (Å²) < 4.78 is 51.4. The molecular formula is C42H53N3O8S. The number of nitrogens with zero attached hydrogens (tertiary/aromatic N) is 3. The fourth-order valence-electron chi connectivity index (χ4n) is 8.70. The number of benzene rings is 2. The average Bonchev–Trinajstić information content (AvgIpc) is 3.19. The number of ether oxygens (including phenoxy) is 3. The van der Waals surface area contributed by atoms with Crippen molar-refractivity contribution in [3.63, 3.8) is 0 Å². The van der Waals surface area contributed by atoms with Crippen molar-refractivity contribution in [3.8, 4) is 11.5 Å². The number of fused-ring (bicyclic) bond motifs is 3. The van der Waals surface area contributed by atoms with Crippen molar-refractivity contribution in [2.24, 2.45) is 22.9 Å². The Morgan fingerprint density at radius 2 is 1.80 bits per heavy atom. The van der Waals surface area contributed by atoms with Crippen LogP contribution >= 0.6 is 0 Å². The number of oxime groups is 1. The van der Waals surface area contributed by atoms with Gasteiger partial charge in [0.05, 0.1) is 29.8 Å². The van der Waals surface area contributed by atoms with E-state index in [-0.39, 0.29) is 48.9 Å². The predicted octanol–water partition coefficient (Wildman–Crippen LogP) is 6.77. The minimum Gasteiger partial charge on any atom is -0.490 e. The lowest BCUT2D eigenvalue weighted by atomic mass is 9.55. The molecule has 1 saturated carbocycles. The number of para-hydroxylation sites is 1. The number of likely N-dealkylation sites (N-methyl/N-ethyl adjacent to an activating group) is 1. The second kappa shape index (κ2) is 17.6. The standard InChI is InChI=1S/C42H53N3O8S/c1-5-24-50-31-19-20-36-34(27-31)39-32(17-9-11-23-47)30(14-8-10-22-46)26-33-35(44-52-7-3)28-38(42(53-36,40(33)39)51-25-6-2)45(4)54(48,49)37-18-12-15-29-16-13-21-43-41(29)37/h5-6,12-13,15-16,18-21,26-27,30,32,38-40,46-47H,1-2,7-11,14,17,22-25,28H2,3-4H3. The molecule has 3 aromatic rings. The van der Waals surface area contributed by atoms with Crippen LogP contribution in [0.2, 0.25) is 0 Å². The molecule has 1 aliphatic heterocycles. The van der Waals surface area contributed by atoms with Gasteiger partial charge in [-0.1, -0.05) is 61.0 Å². The van der Waals surface area contributed by atoms with E-state index in [0.29, 0.717) is 54.2 Å². The van der Waals surface area contributed by atoms with E-state index < -0.39 is 27.8 Å². The molecule has 0 radical (unpaired) electrons. The molecule has 0 bridgehead atoms. The maximum absolute atomic E-state index is 14.9. The minimum absolute atomic E-state index is 0.0456. The molecule has 0 spiro atoms. The highest BCUT2D eigenvalue weighted by Gasteiger charge is 2.65.